The van der Waals surface area contributed by atoms with Crippen LogP contribution < -0.4 is 0 Å². The minimum Gasteiger partial charge on any atom is 0 e. The maximum absolute atomic E-state index is 0. The first-order valence-corrected chi connectivity index (χ1v) is 0. The summed E-state index contributed by atoms with van der Waals surface area (Å²) in [5.74, 6) is 0. The molecule has 5 heteroatoms. The van der Waals surface area contributed by atoms with Crippen molar-refractivity contribution >= 4 is 103 Å². The molecule has 0 aromatic carbocycles. The second-order valence-electron chi connectivity index (χ2n) is 0. The maximum atomic E-state index is 0. The van der Waals surface area contributed by atoms with Crippen molar-refractivity contribution in [2.75, 3.05) is 0 Å². The second-order valence-corrected chi connectivity index (χ2v) is 0. The molecule has 0 N–H and O–H groups in total. The maximum Gasteiger partial charge on any atom is 0 e. The Bertz CT molecular complexity index is 3.61. The van der Waals surface area contributed by atoms with Crippen LogP contribution in [0.15, 0.2) is 0 Å². The Labute approximate surface area is 101 Å². The SMILES string of the molecule is [Li].[Li].[Li].[Li].[Pb]. The molecular formula is Li4Pb. The molecule has 0 aliphatic rings. The molecule has 0 unspecified atom stereocenters. The fourth-order valence-electron chi connectivity index (χ4n) is 0. The molecule has 0 rings (SSSR count). The van der Waals surface area contributed by atoms with Crippen LogP contribution in [0.5, 0.6) is 0 Å². The van der Waals surface area contributed by atoms with Crippen LogP contribution in [-0.2, 0) is 0 Å². The van der Waals surface area contributed by atoms with Crippen molar-refractivity contribution < 1.29 is 0 Å². The predicted molar refractivity (Wildman–Crippen MR) is 28.8 cm³/mol. The van der Waals surface area contributed by atoms with E-state index in [0.717, 1.165) is 0 Å². The van der Waals surface area contributed by atoms with Gasteiger partial charge in [-0.3, -0.25) is 0 Å². The van der Waals surface area contributed by atoms with Crippen molar-refractivity contribution in [3.05, 3.63) is 0 Å². The molecule has 0 bridgehead atoms. The van der Waals surface area contributed by atoms with Gasteiger partial charge in [-0.1, -0.05) is 0 Å². The van der Waals surface area contributed by atoms with Gasteiger partial charge in [0, 0.05) is 103 Å². The van der Waals surface area contributed by atoms with E-state index >= 15 is 0 Å². The van der Waals surface area contributed by atoms with E-state index in [2.05, 4.69) is 0 Å². The van der Waals surface area contributed by atoms with E-state index in [1.807, 2.05) is 0 Å². The fraction of sp³-hybridized carbons (Fsp3) is 0. The Kier molecular flexibility index (Phi) is 215. The molecule has 0 aromatic heterocycles. The molecule has 0 saturated heterocycles. The zero-order chi connectivity index (χ0) is 0. The number of rotatable bonds is 0. The van der Waals surface area contributed by atoms with Crippen LogP contribution in [0.2, 0.25) is 0 Å². The molecule has 0 spiro atoms. The summed E-state index contributed by atoms with van der Waals surface area (Å²) in [7, 11) is 0. The van der Waals surface area contributed by atoms with E-state index < -0.39 is 0 Å². The molecule has 0 saturated carbocycles. The van der Waals surface area contributed by atoms with Gasteiger partial charge in [-0.2, -0.15) is 0 Å². The van der Waals surface area contributed by atoms with Crippen LogP contribution in [-0.4, -0.2) is 103 Å². The summed E-state index contributed by atoms with van der Waals surface area (Å²) in [6.07, 6.45) is 0. The van der Waals surface area contributed by atoms with E-state index in [9.17, 15) is 0 Å². The molecule has 0 aliphatic carbocycles. The summed E-state index contributed by atoms with van der Waals surface area (Å²) < 4.78 is 0. The molecule has 0 aliphatic heterocycles. The normalized spacial score (nSPS) is 0. The van der Waals surface area contributed by atoms with E-state index in [4.69, 9.17) is 0 Å². The molecular weight excluding hydrogens is 235 g/mol. The zero-order valence-corrected chi connectivity index (χ0v) is 8.39. The Morgan fingerprint density at radius 2 is 0.400 bits per heavy atom. The van der Waals surface area contributed by atoms with Crippen LogP contribution in [0.1, 0.15) is 0 Å². The topological polar surface area (TPSA) is 0 Å². The zero-order valence-electron chi connectivity index (χ0n) is 4.50. The molecule has 5 heavy (non-hydrogen) atoms. The minimum absolute atomic E-state index is 0. The molecule has 0 atom stereocenters. The molecule has 0 amide bonds. The number of hydrogen-bond acceptors (Lipinski definition) is 0. The first-order chi connectivity index (χ1) is 0. The Balaban J connectivity index is 0. The van der Waals surface area contributed by atoms with Crippen LogP contribution >= 0.6 is 0 Å². The van der Waals surface area contributed by atoms with E-state index in [1.54, 1.807) is 0 Å². The molecule has 0 heterocycles. The smallest absolute Gasteiger partial charge is 0 e. The molecule has 8 radical (unpaired) electrons. The van der Waals surface area contributed by atoms with Crippen molar-refractivity contribution in [2.24, 2.45) is 0 Å². The first-order valence-electron chi connectivity index (χ1n) is 0. The van der Waals surface area contributed by atoms with Crippen LogP contribution in [0.4, 0.5) is 0 Å². The number of hydrogen-bond donors (Lipinski definition) is 0. The first kappa shape index (κ1) is 40.5. The van der Waals surface area contributed by atoms with E-state index in [-0.39, 0.29) is 103 Å². The van der Waals surface area contributed by atoms with Crippen molar-refractivity contribution in [2.45, 2.75) is 0 Å². The summed E-state index contributed by atoms with van der Waals surface area (Å²) in [6, 6.07) is 0. The summed E-state index contributed by atoms with van der Waals surface area (Å²) in [6.45, 7) is 0. The van der Waals surface area contributed by atoms with Gasteiger partial charge >= 0.3 is 0 Å². The average molecular weight is 235 g/mol. The van der Waals surface area contributed by atoms with Gasteiger partial charge in [-0.15, -0.1) is 0 Å². The fourth-order valence-corrected chi connectivity index (χ4v) is 0. The molecule has 0 fully saturated rings. The van der Waals surface area contributed by atoms with Crippen molar-refractivity contribution in [1.29, 1.82) is 0 Å². The van der Waals surface area contributed by atoms with E-state index in [1.165, 1.54) is 0 Å². The standard InChI is InChI=1S/4Li.Pb. The van der Waals surface area contributed by atoms with Crippen LogP contribution in [0, 0.1) is 0 Å². The third-order valence-corrected chi connectivity index (χ3v) is 0. The summed E-state index contributed by atoms with van der Waals surface area (Å²) in [4.78, 5) is 0. The summed E-state index contributed by atoms with van der Waals surface area (Å²) >= 11 is 0. The average Bonchev–Trinajstić information content (AvgIpc) is 0. The quantitative estimate of drug-likeness (QED) is 0.430. The summed E-state index contributed by atoms with van der Waals surface area (Å²) in [5, 5.41) is 0. The minimum atomic E-state index is 0. The van der Waals surface area contributed by atoms with Gasteiger partial charge in [0.1, 0.15) is 0 Å². The van der Waals surface area contributed by atoms with Gasteiger partial charge in [-0.25, -0.2) is 0 Å². The summed E-state index contributed by atoms with van der Waals surface area (Å²) in [5.41, 5.74) is 0. The second kappa shape index (κ2) is 26.6. The van der Waals surface area contributed by atoms with Gasteiger partial charge in [0.25, 0.3) is 0 Å². The van der Waals surface area contributed by atoms with Gasteiger partial charge in [-0.05, 0) is 0 Å². The molecule has 8 valence electrons. The Morgan fingerprint density at radius 1 is 0.400 bits per heavy atom. The van der Waals surface area contributed by atoms with E-state index in [0.29, 0.717) is 0 Å². The molecule has 0 nitrogen and oxygen atoms in total. The predicted octanol–water partition coefficient (Wildman–Crippen LogP) is -1.90. The Morgan fingerprint density at radius 3 is 0.400 bits per heavy atom. The third-order valence-electron chi connectivity index (χ3n) is 0. The van der Waals surface area contributed by atoms with Gasteiger partial charge in [0.15, 0.2) is 0 Å². The van der Waals surface area contributed by atoms with Gasteiger partial charge in [0.2, 0.25) is 0 Å². The third kappa shape index (κ3) is 18.8. The largest absolute Gasteiger partial charge is 0 e. The Hall–Kier alpha value is 3.31. The van der Waals surface area contributed by atoms with Crippen molar-refractivity contribution in [1.82, 2.24) is 0 Å². The van der Waals surface area contributed by atoms with Crippen molar-refractivity contribution in [3.63, 3.8) is 0 Å². The van der Waals surface area contributed by atoms with Crippen LogP contribution in [0.25, 0.3) is 0 Å². The van der Waals surface area contributed by atoms with Crippen LogP contribution in [0.3, 0.4) is 0 Å². The van der Waals surface area contributed by atoms with Gasteiger partial charge < -0.3 is 0 Å². The van der Waals surface area contributed by atoms with Crippen molar-refractivity contribution in [3.8, 4) is 0 Å². The molecule has 0 aromatic rings. The van der Waals surface area contributed by atoms with Gasteiger partial charge in [0.05, 0.1) is 0 Å². The monoisotopic (exact) mass is 236 g/mol.